The molecule has 0 bridgehead atoms. The van der Waals surface area contributed by atoms with Gasteiger partial charge in [-0.1, -0.05) is 0 Å². The Hall–Kier alpha value is -4.88. The molecular weight excluding hydrogens is 484 g/mol. The summed E-state index contributed by atoms with van der Waals surface area (Å²) >= 11 is 0. The van der Waals surface area contributed by atoms with Crippen LogP contribution in [0.4, 0.5) is 0 Å². The number of nitrogens with zero attached hydrogens (tertiary/aromatic N) is 2. The first-order valence-electron chi connectivity index (χ1n) is 10.3. The Balaban J connectivity index is 3.00. The lowest BCUT2D eigenvalue weighted by molar-refractivity contribution is -0.138. The summed E-state index contributed by atoms with van der Waals surface area (Å²) in [5, 5.41) is 56.2. The Morgan fingerprint density at radius 1 is 0.583 bits per heavy atom. The lowest BCUT2D eigenvalue weighted by Crippen LogP contribution is -2.18. The van der Waals surface area contributed by atoms with E-state index in [1.807, 2.05) is 0 Å². The Bertz CT molecular complexity index is 1180. The number of rotatable bonds is 13. The predicted octanol–water partition coefficient (Wildman–Crippen LogP) is 1.75. The highest BCUT2D eigenvalue weighted by Gasteiger charge is 2.28. The van der Waals surface area contributed by atoms with Crippen molar-refractivity contribution in [3.63, 3.8) is 0 Å². The summed E-state index contributed by atoms with van der Waals surface area (Å²) in [5.41, 5.74) is -3.66. The van der Waals surface area contributed by atoms with Gasteiger partial charge in [0.1, 0.15) is 11.4 Å². The van der Waals surface area contributed by atoms with Gasteiger partial charge in [-0.15, -0.1) is 0 Å². The van der Waals surface area contributed by atoms with Gasteiger partial charge >= 0.3 is 35.8 Å². The summed E-state index contributed by atoms with van der Waals surface area (Å²) in [5.74, 6) is -8.96. The molecule has 36 heavy (non-hydrogen) atoms. The van der Waals surface area contributed by atoms with Gasteiger partial charge in [0.15, 0.2) is 11.4 Å². The van der Waals surface area contributed by atoms with Crippen molar-refractivity contribution in [2.24, 2.45) is 0 Å². The monoisotopic (exact) mass is 504 g/mol. The first-order chi connectivity index (χ1) is 16.8. The Morgan fingerprint density at radius 2 is 0.972 bits per heavy atom. The third-order valence-electron chi connectivity index (χ3n) is 4.99. The molecule has 2 aromatic rings. The number of hydrogen-bond acceptors (Lipinski definition) is 8. The van der Waals surface area contributed by atoms with E-state index in [0.717, 1.165) is 12.1 Å². The molecule has 14 heteroatoms. The van der Waals surface area contributed by atoms with Crippen LogP contribution >= 0.6 is 0 Å². The van der Waals surface area contributed by atoms with Crippen LogP contribution in [0.5, 0.6) is 0 Å². The number of aliphatic carboxylic acids is 2. The largest absolute Gasteiger partial charge is 0.481 e. The van der Waals surface area contributed by atoms with Gasteiger partial charge in [0, 0.05) is 12.8 Å². The second kappa shape index (κ2) is 11.5. The maximum Gasteiger partial charge on any atom is 0.354 e. The summed E-state index contributed by atoms with van der Waals surface area (Å²) in [4.78, 5) is 76.4. The van der Waals surface area contributed by atoms with Crippen molar-refractivity contribution >= 4 is 35.8 Å². The molecular formula is C22H20N2O12. The minimum Gasteiger partial charge on any atom is -0.481 e. The predicted molar refractivity (Wildman–Crippen MR) is 116 cm³/mol. The zero-order valence-corrected chi connectivity index (χ0v) is 18.4. The van der Waals surface area contributed by atoms with Crippen LogP contribution in [0, 0.1) is 0 Å². The van der Waals surface area contributed by atoms with E-state index in [4.69, 9.17) is 10.2 Å². The third-order valence-corrected chi connectivity index (χ3v) is 4.99. The molecule has 0 aliphatic carbocycles. The van der Waals surface area contributed by atoms with Gasteiger partial charge in [0.2, 0.25) is 0 Å². The molecule has 0 fully saturated rings. The topological polar surface area (TPSA) is 250 Å². The van der Waals surface area contributed by atoms with Crippen LogP contribution in [0.3, 0.4) is 0 Å². The van der Waals surface area contributed by atoms with Crippen LogP contribution in [0.15, 0.2) is 12.1 Å². The van der Waals surface area contributed by atoms with Crippen molar-refractivity contribution < 1.29 is 59.4 Å². The Labute approximate surface area is 201 Å². The smallest absolute Gasteiger partial charge is 0.354 e. The van der Waals surface area contributed by atoms with E-state index in [-0.39, 0.29) is 47.9 Å². The molecule has 0 aliphatic heterocycles. The van der Waals surface area contributed by atoms with Gasteiger partial charge in [-0.05, 0) is 60.1 Å². The molecule has 0 aromatic carbocycles. The third kappa shape index (κ3) is 6.59. The fraction of sp³-hybridized carbons (Fsp3) is 0.273. The van der Waals surface area contributed by atoms with Gasteiger partial charge < -0.3 is 30.6 Å². The second-order valence-corrected chi connectivity index (χ2v) is 7.48. The molecule has 0 amide bonds. The fourth-order valence-electron chi connectivity index (χ4n) is 3.58. The van der Waals surface area contributed by atoms with Crippen LogP contribution in [0.1, 0.15) is 78.8 Å². The fourth-order valence-corrected chi connectivity index (χ4v) is 3.58. The van der Waals surface area contributed by atoms with Crippen molar-refractivity contribution in [1.29, 1.82) is 0 Å². The highest BCUT2D eigenvalue weighted by Crippen LogP contribution is 2.35. The SMILES string of the molecule is O=C(O)CCCc1c(C(=O)O)nc(C(=O)O)c(CCCC(=O)O)c1-c1cc(C(=O)O)nc(C(=O)O)c1. The standard InChI is InChI=1S/C22H20N2O12/c25-14(26)5-1-3-10-16(9-7-12(19(29)30)23-13(8-9)20(31)32)11(4-2-6-15(27)28)18(22(35)36)24-17(10)21(33)34/h7-8H,1-6H2,(H,25,26)(H,27,28)(H,29,30)(H,31,32)(H,33,34)(H,35,36). The zero-order valence-electron chi connectivity index (χ0n) is 18.4. The van der Waals surface area contributed by atoms with Crippen LogP contribution in [0.25, 0.3) is 11.1 Å². The summed E-state index contributed by atoms with van der Waals surface area (Å²) in [6.45, 7) is 0. The molecule has 0 radical (unpaired) electrons. The molecule has 0 aliphatic rings. The highest BCUT2D eigenvalue weighted by atomic mass is 16.4. The summed E-state index contributed by atoms with van der Waals surface area (Å²) in [6, 6.07) is 1.84. The van der Waals surface area contributed by atoms with Crippen LogP contribution in [-0.2, 0) is 22.4 Å². The number of carbonyl (C=O) groups is 6. The maximum absolute atomic E-state index is 12.0. The van der Waals surface area contributed by atoms with Crippen molar-refractivity contribution in [2.75, 3.05) is 0 Å². The van der Waals surface area contributed by atoms with Gasteiger partial charge in [-0.25, -0.2) is 29.1 Å². The Kier molecular flexibility index (Phi) is 8.74. The molecule has 190 valence electrons. The van der Waals surface area contributed by atoms with Gasteiger partial charge in [0.05, 0.1) is 0 Å². The lowest BCUT2D eigenvalue weighted by Gasteiger charge is -2.20. The molecule has 0 unspecified atom stereocenters. The molecule has 0 atom stereocenters. The Morgan fingerprint density at radius 3 is 1.28 bits per heavy atom. The molecule has 14 nitrogen and oxygen atoms in total. The maximum atomic E-state index is 12.0. The van der Waals surface area contributed by atoms with E-state index in [0.29, 0.717) is 0 Å². The molecule has 0 saturated carbocycles. The minimum atomic E-state index is -1.66. The number of pyridine rings is 2. The number of aromatic carboxylic acids is 4. The molecule has 0 saturated heterocycles. The average molecular weight is 504 g/mol. The quantitative estimate of drug-likeness (QED) is 0.227. The highest BCUT2D eigenvalue weighted by molar-refractivity contribution is 5.98. The van der Waals surface area contributed by atoms with Crippen LogP contribution < -0.4 is 0 Å². The molecule has 2 aromatic heterocycles. The van der Waals surface area contributed by atoms with Crippen LogP contribution in [0.2, 0.25) is 0 Å². The van der Waals surface area contributed by atoms with Gasteiger partial charge in [-0.3, -0.25) is 9.59 Å². The summed E-state index contributed by atoms with van der Waals surface area (Å²) < 4.78 is 0. The van der Waals surface area contributed by atoms with E-state index in [2.05, 4.69) is 9.97 Å². The van der Waals surface area contributed by atoms with Gasteiger partial charge in [0.25, 0.3) is 0 Å². The molecule has 6 N–H and O–H groups in total. The zero-order chi connectivity index (χ0) is 27.2. The van der Waals surface area contributed by atoms with Crippen molar-refractivity contribution in [3.8, 4) is 11.1 Å². The first-order valence-corrected chi connectivity index (χ1v) is 10.3. The summed E-state index contributed by atoms with van der Waals surface area (Å²) in [7, 11) is 0. The van der Waals surface area contributed by atoms with E-state index in [1.165, 1.54) is 0 Å². The number of carboxylic acids is 6. The van der Waals surface area contributed by atoms with E-state index < -0.39 is 71.4 Å². The normalized spacial score (nSPS) is 10.6. The van der Waals surface area contributed by atoms with Crippen molar-refractivity contribution in [3.05, 3.63) is 46.0 Å². The molecule has 0 spiro atoms. The van der Waals surface area contributed by atoms with Gasteiger partial charge in [-0.2, -0.15) is 0 Å². The minimum absolute atomic E-state index is 0.117. The number of hydrogen-bond donors (Lipinski definition) is 6. The lowest BCUT2D eigenvalue weighted by atomic mass is 9.87. The van der Waals surface area contributed by atoms with E-state index in [9.17, 15) is 49.2 Å². The number of carboxylic acid groups (broad SMARTS) is 6. The number of aromatic nitrogens is 2. The summed E-state index contributed by atoms with van der Waals surface area (Å²) in [6.07, 6.45) is -1.54. The molecule has 2 rings (SSSR count). The second-order valence-electron chi connectivity index (χ2n) is 7.48. The van der Waals surface area contributed by atoms with Crippen LogP contribution in [-0.4, -0.2) is 76.4 Å². The first kappa shape index (κ1) is 27.4. The van der Waals surface area contributed by atoms with Crippen molar-refractivity contribution in [2.45, 2.75) is 38.5 Å². The van der Waals surface area contributed by atoms with E-state index in [1.54, 1.807) is 0 Å². The van der Waals surface area contributed by atoms with E-state index >= 15 is 0 Å². The van der Waals surface area contributed by atoms with Crippen molar-refractivity contribution in [1.82, 2.24) is 9.97 Å². The average Bonchev–Trinajstić information content (AvgIpc) is 2.77. The molecule has 2 heterocycles.